The van der Waals surface area contributed by atoms with Crippen molar-refractivity contribution in [3.05, 3.63) is 28.8 Å². The Morgan fingerprint density at radius 3 is 2.13 bits per heavy atom. The molecule has 1 aromatic carbocycles. The van der Waals surface area contributed by atoms with E-state index in [1.165, 1.54) is 7.11 Å². The number of ketones is 1. The molecule has 0 fully saturated rings. The Morgan fingerprint density at radius 2 is 1.73 bits per heavy atom. The van der Waals surface area contributed by atoms with Gasteiger partial charge in [-0.25, -0.2) is 0 Å². The molecule has 0 heterocycles. The van der Waals surface area contributed by atoms with Gasteiger partial charge in [-0.3, -0.25) is 4.79 Å². The molecule has 0 N–H and O–H groups in total. The van der Waals surface area contributed by atoms with Gasteiger partial charge in [-0.05, 0) is 37.1 Å². The predicted octanol–water partition coefficient (Wildman–Crippen LogP) is 2.14. The maximum absolute atomic E-state index is 11.7. The zero-order valence-corrected chi connectivity index (χ0v) is 9.59. The quantitative estimate of drug-likeness (QED) is 0.711. The Morgan fingerprint density at radius 1 is 1.20 bits per heavy atom. The number of carbonyl (C=O) groups excluding carboxylic acids is 1. The monoisotopic (exact) mass is 208 g/mol. The summed E-state index contributed by atoms with van der Waals surface area (Å²) in [5.41, 5.74) is 2.58. The van der Waals surface area contributed by atoms with Gasteiger partial charge >= 0.3 is 0 Å². The number of ether oxygens (including phenoxy) is 2. The van der Waals surface area contributed by atoms with E-state index in [1.807, 2.05) is 26.0 Å². The molecule has 0 saturated carbocycles. The predicted molar refractivity (Wildman–Crippen MR) is 58.7 cm³/mol. The minimum Gasteiger partial charge on any atom is -0.497 e. The molecule has 0 amide bonds. The fourth-order valence-electron chi connectivity index (χ4n) is 1.68. The van der Waals surface area contributed by atoms with E-state index in [9.17, 15) is 4.79 Å². The van der Waals surface area contributed by atoms with Crippen molar-refractivity contribution in [3.8, 4) is 5.75 Å². The van der Waals surface area contributed by atoms with Crippen molar-refractivity contribution in [1.82, 2.24) is 0 Å². The standard InChI is InChI=1S/C12H16O3/c1-8-5-10(15-4)6-9(2)12(8)11(13)7-14-3/h5-6H,7H2,1-4H3. The Labute approximate surface area is 90.0 Å². The van der Waals surface area contributed by atoms with Gasteiger partial charge in [0.25, 0.3) is 0 Å². The first-order valence-corrected chi connectivity index (χ1v) is 4.77. The van der Waals surface area contributed by atoms with Gasteiger partial charge < -0.3 is 9.47 Å². The van der Waals surface area contributed by atoms with Gasteiger partial charge in [0.2, 0.25) is 0 Å². The molecule has 0 saturated heterocycles. The lowest BCUT2D eigenvalue weighted by atomic mass is 9.99. The molecule has 0 unspecified atom stereocenters. The van der Waals surface area contributed by atoms with Gasteiger partial charge in [0.1, 0.15) is 12.4 Å². The molecule has 3 nitrogen and oxygen atoms in total. The van der Waals surface area contributed by atoms with Crippen LogP contribution in [0.25, 0.3) is 0 Å². The molecule has 0 bridgehead atoms. The Kier molecular flexibility index (Phi) is 3.86. The van der Waals surface area contributed by atoms with Crippen LogP contribution in [0, 0.1) is 13.8 Å². The average Bonchev–Trinajstić information content (AvgIpc) is 2.16. The number of hydrogen-bond acceptors (Lipinski definition) is 3. The molecule has 0 spiro atoms. The van der Waals surface area contributed by atoms with Crippen molar-refractivity contribution >= 4 is 5.78 Å². The van der Waals surface area contributed by atoms with Crippen LogP contribution in [0.5, 0.6) is 5.75 Å². The number of Topliss-reactive ketones (excluding diaryl/α,β-unsaturated/α-hetero) is 1. The lowest BCUT2D eigenvalue weighted by Crippen LogP contribution is -2.11. The molecule has 1 rings (SSSR count). The molecule has 3 heteroatoms. The van der Waals surface area contributed by atoms with Gasteiger partial charge in [0, 0.05) is 12.7 Å². The van der Waals surface area contributed by atoms with E-state index in [1.54, 1.807) is 7.11 Å². The lowest BCUT2D eigenvalue weighted by Gasteiger charge is -2.10. The number of benzene rings is 1. The number of hydrogen-bond donors (Lipinski definition) is 0. The first kappa shape index (κ1) is 11.7. The van der Waals surface area contributed by atoms with Crippen LogP contribution >= 0.6 is 0 Å². The Balaban J connectivity index is 3.13. The van der Waals surface area contributed by atoms with Crippen LogP contribution in [0.15, 0.2) is 12.1 Å². The molecular weight excluding hydrogens is 192 g/mol. The first-order valence-electron chi connectivity index (χ1n) is 4.77. The van der Waals surface area contributed by atoms with Crippen molar-refractivity contribution < 1.29 is 14.3 Å². The van der Waals surface area contributed by atoms with Crippen LogP contribution in [0.3, 0.4) is 0 Å². The summed E-state index contributed by atoms with van der Waals surface area (Å²) in [6.07, 6.45) is 0. The lowest BCUT2D eigenvalue weighted by molar-refractivity contribution is 0.0846. The fraction of sp³-hybridized carbons (Fsp3) is 0.417. The van der Waals surface area contributed by atoms with E-state index in [4.69, 9.17) is 9.47 Å². The van der Waals surface area contributed by atoms with E-state index in [0.717, 1.165) is 22.4 Å². The molecule has 0 aliphatic rings. The summed E-state index contributed by atoms with van der Waals surface area (Å²) in [6, 6.07) is 3.71. The van der Waals surface area contributed by atoms with E-state index >= 15 is 0 Å². The second kappa shape index (κ2) is 4.94. The third kappa shape index (κ3) is 2.57. The van der Waals surface area contributed by atoms with Crippen molar-refractivity contribution in [3.63, 3.8) is 0 Å². The van der Waals surface area contributed by atoms with Crippen LogP contribution in [0.2, 0.25) is 0 Å². The summed E-state index contributed by atoms with van der Waals surface area (Å²) in [6.45, 7) is 3.92. The largest absolute Gasteiger partial charge is 0.497 e. The number of aryl methyl sites for hydroxylation is 2. The van der Waals surface area contributed by atoms with Gasteiger partial charge in [0.05, 0.1) is 7.11 Å². The van der Waals surface area contributed by atoms with Crippen molar-refractivity contribution in [2.75, 3.05) is 20.8 Å². The van der Waals surface area contributed by atoms with Gasteiger partial charge in [-0.15, -0.1) is 0 Å². The number of methoxy groups -OCH3 is 2. The zero-order valence-electron chi connectivity index (χ0n) is 9.59. The zero-order chi connectivity index (χ0) is 11.4. The SMILES string of the molecule is COCC(=O)c1c(C)cc(OC)cc1C. The van der Waals surface area contributed by atoms with Crippen LogP contribution in [0.1, 0.15) is 21.5 Å². The maximum Gasteiger partial charge on any atom is 0.188 e. The number of carbonyl (C=O) groups is 1. The summed E-state index contributed by atoms with van der Waals surface area (Å²) in [4.78, 5) is 11.7. The molecule has 0 aliphatic heterocycles. The normalized spacial score (nSPS) is 10.1. The topological polar surface area (TPSA) is 35.5 Å². The third-order valence-corrected chi connectivity index (χ3v) is 2.30. The molecule has 0 aliphatic carbocycles. The Hall–Kier alpha value is -1.35. The molecule has 0 radical (unpaired) electrons. The maximum atomic E-state index is 11.7. The second-order valence-corrected chi connectivity index (χ2v) is 3.49. The smallest absolute Gasteiger partial charge is 0.188 e. The van der Waals surface area contributed by atoms with Crippen LogP contribution in [-0.4, -0.2) is 26.6 Å². The van der Waals surface area contributed by atoms with Crippen LogP contribution in [0.4, 0.5) is 0 Å². The molecule has 0 aromatic heterocycles. The van der Waals surface area contributed by atoms with Crippen LogP contribution < -0.4 is 4.74 Å². The van der Waals surface area contributed by atoms with Gasteiger partial charge in [-0.1, -0.05) is 0 Å². The van der Waals surface area contributed by atoms with E-state index in [2.05, 4.69) is 0 Å². The first-order chi connectivity index (χ1) is 7.10. The Bertz CT molecular complexity index is 346. The van der Waals surface area contributed by atoms with Crippen LogP contribution in [-0.2, 0) is 4.74 Å². The van der Waals surface area contributed by atoms with Crippen molar-refractivity contribution in [1.29, 1.82) is 0 Å². The number of rotatable bonds is 4. The van der Waals surface area contributed by atoms with Crippen molar-refractivity contribution in [2.45, 2.75) is 13.8 Å². The van der Waals surface area contributed by atoms with Crippen molar-refractivity contribution in [2.24, 2.45) is 0 Å². The average molecular weight is 208 g/mol. The highest BCUT2D eigenvalue weighted by atomic mass is 16.5. The van der Waals surface area contributed by atoms with E-state index < -0.39 is 0 Å². The highest BCUT2D eigenvalue weighted by Crippen LogP contribution is 2.21. The molecule has 15 heavy (non-hydrogen) atoms. The summed E-state index contributed by atoms with van der Waals surface area (Å²) >= 11 is 0. The second-order valence-electron chi connectivity index (χ2n) is 3.49. The minimum atomic E-state index is 0.00940. The summed E-state index contributed by atoms with van der Waals surface area (Å²) in [5.74, 6) is 0.786. The summed E-state index contributed by atoms with van der Waals surface area (Å²) in [7, 11) is 3.14. The summed E-state index contributed by atoms with van der Waals surface area (Å²) in [5, 5.41) is 0. The summed E-state index contributed by atoms with van der Waals surface area (Å²) < 4.78 is 9.97. The minimum absolute atomic E-state index is 0.00940. The third-order valence-electron chi connectivity index (χ3n) is 2.30. The van der Waals surface area contributed by atoms with Gasteiger partial charge in [-0.2, -0.15) is 0 Å². The molecular formula is C12H16O3. The molecule has 82 valence electrons. The molecule has 1 aromatic rings. The van der Waals surface area contributed by atoms with E-state index in [-0.39, 0.29) is 12.4 Å². The molecule has 0 atom stereocenters. The highest BCUT2D eigenvalue weighted by molar-refractivity contribution is 5.99. The van der Waals surface area contributed by atoms with Gasteiger partial charge in [0.15, 0.2) is 5.78 Å². The van der Waals surface area contributed by atoms with E-state index in [0.29, 0.717) is 0 Å². The highest BCUT2D eigenvalue weighted by Gasteiger charge is 2.13. The fourth-order valence-corrected chi connectivity index (χ4v) is 1.68.